The van der Waals surface area contributed by atoms with Gasteiger partial charge < -0.3 is 4.74 Å². The van der Waals surface area contributed by atoms with Gasteiger partial charge in [0.1, 0.15) is 0 Å². The number of esters is 1. The van der Waals surface area contributed by atoms with Gasteiger partial charge in [0.2, 0.25) is 5.01 Å². The van der Waals surface area contributed by atoms with E-state index in [9.17, 15) is 4.79 Å². The molecule has 0 aromatic carbocycles. The Balaban J connectivity index is 2.06. The fourth-order valence-electron chi connectivity index (χ4n) is 1.03. The first-order valence-corrected chi connectivity index (χ1v) is 6.51. The number of hydrogen-bond acceptors (Lipinski definition) is 7. The quantitative estimate of drug-likeness (QED) is 0.792. The van der Waals surface area contributed by atoms with Crippen LogP contribution in [0.1, 0.15) is 16.7 Å². The Kier molecular flexibility index (Phi) is 4.05. The standard InChI is InChI=1S/C10H9N3O2S2/c1-2-15-9(14)8-12-13-10(17-8)16-7-3-5-11-6-4-7/h3-6H,2H2,1H3. The van der Waals surface area contributed by atoms with Gasteiger partial charge in [-0.3, -0.25) is 4.98 Å². The van der Waals surface area contributed by atoms with Gasteiger partial charge in [-0.2, -0.15) is 0 Å². The van der Waals surface area contributed by atoms with Crippen LogP contribution in [0.3, 0.4) is 0 Å². The van der Waals surface area contributed by atoms with Gasteiger partial charge in [-0.05, 0) is 19.1 Å². The number of carbonyl (C=O) groups excluding carboxylic acids is 1. The van der Waals surface area contributed by atoms with Crippen molar-refractivity contribution in [3.05, 3.63) is 29.5 Å². The Hall–Kier alpha value is -1.47. The van der Waals surface area contributed by atoms with Crippen molar-refractivity contribution >= 4 is 29.1 Å². The average molecular weight is 267 g/mol. The molecule has 0 unspecified atom stereocenters. The molecule has 0 amide bonds. The van der Waals surface area contributed by atoms with Gasteiger partial charge in [-0.1, -0.05) is 23.1 Å². The second-order valence-corrected chi connectivity index (χ2v) is 5.18. The van der Waals surface area contributed by atoms with Crippen LogP contribution in [0.4, 0.5) is 0 Å². The molecule has 0 aliphatic rings. The first-order chi connectivity index (χ1) is 8.29. The van der Waals surface area contributed by atoms with Crippen LogP contribution in [0.5, 0.6) is 0 Å². The molecular formula is C10H9N3O2S2. The summed E-state index contributed by atoms with van der Waals surface area (Å²) in [7, 11) is 0. The van der Waals surface area contributed by atoms with Crippen molar-refractivity contribution in [2.24, 2.45) is 0 Å². The van der Waals surface area contributed by atoms with Crippen LogP contribution < -0.4 is 0 Å². The molecular weight excluding hydrogens is 258 g/mol. The Labute approximate surface area is 106 Å². The zero-order valence-electron chi connectivity index (χ0n) is 8.99. The van der Waals surface area contributed by atoms with Crippen molar-refractivity contribution < 1.29 is 9.53 Å². The number of nitrogens with zero attached hydrogens (tertiary/aromatic N) is 3. The highest BCUT2D eigenvalue weighted by atomic mass is 32.2. The summed E-state index contributed by atoms with van der Waals surface area (Å²) >= 11 is 2.66. The summed E-state index contributed by atoms with van der Waals surface area (Å²) in [6.45, 7) is 2.09. The SMILES string of the molecule is CCOC(=O)c1nnc(Sc2ccncc2)s1. The minimum Gasteiger partial charge on any atom is -0.461 e. The monoisotopic (exact) mass is 267 g/mol. The van der Waals surface area contributed by atoms with Crippen molar-refractivity contribution in [1.82, 2.24) is 15.2 Å². The number of carbonyl (C=O) groups is 1. The molecule has 0 saturated carbocycles. The summed E-state index contributed by atoms with van der Waals surface area (Å²) < 4.78 is 5.55. The largest absolute Gasteiger partial charge is 0.461 e. The highest BCUT2D eigenvalue weighted by molar-refractivity contribution is 8.01. The fraction of sp³-hybridized carbons (Fsp3) is 0.200. The predicted octanol–water partition coefficient (Wildman–Crippen LogP) is 2.26. The third-order valence-electron chi connectivity index (χ3n) is 1.71. The molecule has 2 heterocycles. The van der Waals surface area contributed by atoms with Crippen molar-refractivity contribution in [3.63, 3.8) is 0 Å². The van der Waals surface area contributed by atoms with Crippen LogP contribution in [-0.4, -0.2) is 27.8 Å². The van der Waals surface area contributed by atoms with Gasteiger partial charge in [0, 0.05) is 17.3 Å². The summed E-state index contributed by atoms with van der Waals surface area (Å²) in [5, 5.41) is 7.99. The molecule has 0 aliphatic heterocycles. The lowest BCUT2D eigenvalue weighted by molar-refractivity contribution is 0.0525. The highest BCUT2D eigenvalue weighted by Crippen LogP contribution is 2.29. The van der Waals surface area contributed by atoms with Gasteiger partial charge >= 0.3 is 5.97 Å². The Bertz CT molecular complexity index is 501. The second-order valence-electron chi connectivity index (χ2n) is 2.88. The van der Waals surface area contributed by atoms with E-state index in [1.165, 1.54) is 23.1 Å². The normalized spacial score (nSPS) is 10.2. The fourth-order valence-corrected chi connectivity index (χ4v) is 2.74. The number of hydrogen-bond donors (Lipinski definition) is 0. The van der Waals surface area contributed by atoms with Crippen LogP contribution in [0.2, 0.25) is 0 Å². The molecule has 88 valence electrons. The van der Waals surface area contributed by atoms with Gasteiger partial charge in [-0.25, -0.2) is 4.79 Å². The first-order valence-electron chi connectivity index (χ1n) is 4.88. The molecule has 0 saturated heterocycles. The minimum atomic E-state index is -0.424. The van der Waals surface area contributed by atoms with Crippen molar-refractivity contribution in [3.8, 4) is 0 Å². The third-order valence-corrected chi connectivity index (χ3v) is 3.67. The highest BCUT2D eigenvalue weighted by Gasteiger charge is 2.14. The van der Waals surface area contributed by atoms with Crippen molar-refractivity contribution in [2.45, 2.75) is 16.2 Å². The van der Waals surface area contributed by atoms with E-state index in [1.807, 2.05) is 12.1 Å². The molecule has 2 rings (SSSR count). The zero-order chi connectivity index (χ0) is 12.1. The predicted molar refractivity (Wildman–Crippen MR) is 64.2 cm³/mol. The van der Waals surface area contributed by atoms with Gasteiger partial charge in [0.15, 0.2) is 4.34 Å². The van der Waals surface area contributed by atoms with Gasteiger partial charge in [-0.15, -0.1) is 10.2 Å². The van der Waals surface area contributed by atoms with Gasteiger partial charge in [0.25, 0.3) is 0 Å². The maximum atomic E-state index is 11.4. The Morgan fingerprint density at radius 2 is 2.18 bits per heavy atom. The molecule has 0 aliphatic carbocycles. The van der Waals surface area contributed by atoms with E-state index in [0.717, 1.165) is 4.90 Å². The van der Waals surface area contributed by atoms with E-state index in [0.29, 0.717) is 10.9 Å². The lowest BCUT2D eigenvalue weighted by atomic mass is 10.5. The van der Waals surface area contributed by atoms with E-state index in [1.54, 1.807) is 19.3 Å². The molecule has 0 spiro atoms. The number of aromatic nitrogens is 3. The molecule has 2 aromatic heterocycles. The van der Waals surface area contributed by atoms with Crippen LogP contribution in [0, 0.1) is 0 Å². The second kappa shape index (κ2) is 5.74. The summed E-state index contributed by atoms with van der Waals surface area (Å²) in [5.41, 5.74) is 0. The number of pyridine rings is 1. The number of ether oxygens (including phenoxy) is 1. The molecule has 7 heteroatoms. The smallest absolute Gasteiger partial charge is 0.369 e. The van der Waals surface area contributed by atoms with Crippen LogP contribution >= 0.6 is 23.1 Å². The van der Waals surface area contributed by atoms with Crippen LogP contribution in [0.15, 0.2) is 33.8 Å². The first kappa shape index (κ1) is 12.0. The van der Waals surface area contributed by atoms with E-state index < -0.39 is 5.97 Å². The number of rotatable bonds is 4. The van der Waals surface area contributed by atoms with E-state index >= 15 is 0 Å². The topological polar surface area (TPSA) is 65.0 Å². The van der Waals surface area contributed by atoms with E-state index in [4.69, 9.17) is 4.74 Å². The average Bonchev–Trinajstić information content (AvgIpc) is 2.79. The van der Waals surface area contributed by atoms with E-state index in [2.05, 4.69) is 15.2 Å². The van der Waals surface area contributed by atoms with Crippen molar-refractivity contribution in [2.75, 3.05) is 6.61 Å². The Morgan fingerprint density at radius 3 is 2.88 bits per heavy atom. The summed E-state index contributed by atoms with van der Waals surface area (Å²) in [5.74, 6) is -0.424. The maximum absolute atomic E-state index is 11.4. The van der Waals surface area contributed by atoms with Crippen molar-refractivity contribution in [1.29, 1.82) is 0 Å². The van der Waals surface area contributed by atoms with Crippen LogP contribution in [-0.2, 0) is 4.74 Å². The third kappa shape index (κ3) is 3.24. The lowest BCUT2D eigenvalue weighted by Gasteiger charge is -1.95. The van der Waals surface area contributed by atoms with E-state index in [-0.39, 0.29) is 5.01 Å². The summed E-state index contributed by atoms with van der Waals surface area (Å²) in [4.78, 5) is 16.3. The molecule has 0 fully saturated rings. The molecule has 0 radical (unpaired) electrons. The van der Waals surface area contributed by atoms with Gasteiger partial charge in [0.05, 0.1) is 6.61 Å². The minimum absolute atomic E-state index is 0.281. The molecule has 0 atom stereocenters. The molecule has 17 heavy (non-hydrogen) atoms. The maximum Gasteiger partial charge on any atom is 0.369 e. The molecule has 5 nitrogen and oxygen atoms in total. The summed E-state index contributed by atoms with van der Waals surface area (Å²) in [6, 6.07) is 3.74. The molecule has 0 N–H and O–H groups in total. The molecule has 0 bridgehead atoms. The summed E-state index contributed by atoms with van der Waals surface area (Å²) in [6.07, 6.45) is 3.41. The Morgan fingerprint density at radius 1 is 1.41 bits per heavy atom. The van der Waals surface area contributed by atoms with Crippen LogP contribution in [0.25, 0.3) is 0 Å². The molecule has 2 aromatic rings. The zero-order valence-corrected chi connectivity index (χ0v) is 10.6. The lowest BCUT2D eigenvalue weighted by Crippen LogP contribution is -2.03.